The number of ether oxygens (including phenoxy) is 1. The molecular formula is C20H20N4O3. The third-order valence-electron chi connectivity index (χ3n) is 4.44. The number of aromatic amines is 1. The van der Waals surface area contributed by atoms with E-state index in [0.29, 0.717) is 24.7 Å². The van der Waals surface area contributed by atoms with Crippen molar-refractivity contribution in [3.05, 3.63) is 64.4 Å². The average molecular weight is 364 g/mol. The zero-order chi connectivity index (χ0) is 18.8. The standard InChI is InChI=1S/C20H20N4O3/c1-3-9-24-17-8-7-14(12-16(17)21-20(24)25)19-22-18(27-23-19)11-13-5-4-6-15(10-13)26-2/h4-8,10,12H,3,9,11H2,1-2H3,(H,21,25). The van der Waals surface area contributed by atoms with Crippen molar-refractivity contribution in [2.24, 2.45) is 0 Å². The maximum atomic E-state index is 12.1. The van der Waals surface area contributed by atoms with Crippen LogP contribution in [0, 0.1) is 0 Å². The van der Waals surface area contributed by atoms with Crippen molar-refractivity contribution in [1.82, 2.24) is 19.7 Å². The topological polar surface area (TPSA) is 85.9 Å². The Balaban J connectivity index is 1.61. The van der Waals surface area contributed by atoms with E-state index < -0.39 is 0 Å². The molecule has 4 rings (SSSR count). The fraction of sp³-hybridized carbons (Fsp3) is 0.250. The van der Waals surface area contributed by atoms with Gasteiger partial charge in [-0.1, -0.05) is 24.2 Å². The SMILES string of the molecule is CCCn1c(=O)[nH]c2cc(-c3noc(Cc4cccc(OC)c4)n3)ccc21. The zero-order valence-electron chi connectivity index (χ0n) is 15.2. The summed E-state index contributed by atoms with van der Waals surface area (Å²) in [5.74, 6) is 1.81. The predicted molar refractivity (Wildman–Crippen MR) is 102 cm³/mol. The van der Waals surface area contributed by atoms with Crippen molar-refractivity contribution in [2.45, 2.75) is 26.3 Å². The van der Waals surface area contributed by atoms with Crippen LogP contribution in [-0.2, 0) is 13.0 Å². The first-order valence-corrected chi connectivity index (χ1v) is 8.86. The van der Waals surface area contributed by atoms with Gasteiger partial charge < -0.3 is 14.2 Å². The summed E-state index contributed by atoms with van der Waals surface area (Å²) >= 11 is 0. The molecule has 2 aromatic carbocycles. The first kappa shape index (κ1) is 17.1. The molecule has 0 aliphatic rings. The second-order valence-electron chi connectivity index (χ2n) is 6.35. The molecule has 7 heteroatoms. The summed E-state index contributed by atoms with van der Waals surface area (Å²) in [7, 11) is 1.64. The number of hydrogen-bond acceptors (Lipinski definition) is 5. The van der Waals surface area contributed by atoms with Crippen LogP contribution in [0.5, 0.6) is 5.75 Å². The number of aromatic nitrogens is 4. The molecule has 0 bridgehead atoms. The van der Waals surface area contributed by atoms with Gasteiger partial charge in [-0.25, -0.2) is 4.79 Å². The summed E-state index contributed by atoms with van der Waals surface area (Å²) in [5, 5.41) is 4.08. The molecule has 2 heterocycles. The van der Waals surface area contributed by atoms with Crippen molar-refractivity contribution in [3.63, 3.8) is 0 Å². The fourth-order valence-electron chi connectivity index (χ4n) is 3.15. The number of nitrogens with one attached hydrogen (secondary N) is 1. The number of nitrogens with zero attached hydrogens (tertiary/aromatic N) is 3. The minimum atomic E-state index is -0.101. The van der Waals surface area contributed by atoms with Gasteiger partial charge in [0.2, 0.25) is 11.7 Å². The van der Waals surface area contributed by atoms with E-state index in [2.05, 4.69) is 15.1 Å². The lowest BCUT2D eigenvalue weighted by Gasteiger charge is -2.01. The maximum absolute atomic E-state index is 12.1. The van der Waals surface area contributed by atoms with Crippen LogP contribution in [-0.4, -0.2) is 26.8 Å². The van der Waals surface area contributed by atoms with Gasteiger partial charge in [-0.05, 0) is 42.3 Å². The summed E-state index contributed by atoms with van der Waals surface area (Å²) in [5.41, 5.74) is 3.38. The molecule has 2 aromatic heterocycles. The van der Waals surface area contributed by atoms with Gasteiger partial charge in [0.1, 0.15) is 5.75 Å². The quantitative estimate of drug-likeness (QED) is 0.567. The van der Waals surface area contributed by atoms with Gasteiger partial charge >= 0.3 is 5.69 Å². The van der Waals surface area contributed by atoms with Crippen LogP contribution in [0.3, 0.4) is 0 Å². The Kier molecular flexibility index (Phi) is 4.50. The van der Waals surface area contributed by atoms with Crippen molar-refractivity contribution in [2.75, 3.05) is 7.11 Å². The first-order valence-electron chi connectivity index (χ1n) is 8.86. The molecule has 4 aromatic rings. The molecule has 1 N–H and O–H groups in total. The monoisotopic (exact) mass is 364 g/mol. The first-order chi connectivity index (χ1) is 13.2. The molecule has 7 nitrogen and oxygen atoms in total. The molecule has 0 radical (unpaired) electrons. The van der Waals surface area contributed by atoms with E-state index in [1.807, 2.05) is 49.4 Å². The van der Waals surface area contributed by atoms with Gasteiger partial charge in [-0.2, -0.15) is 4.98 Å². The molecular weight excluding hydrogens is 344 g/mol. The number of methoxy groups -OCH3 is 1. The van der Waals surface area contributed by atoms with E-state index in [1.54, 1.807) is 11.7 Å². The van der Waals surface area contributed by atoms with E-state index in [9.17, 15) is 4.79 Å². The molecule has 0 fully saturated rings. The Morgan fingerprint density at radius 2 is 2.11 bits per heavy atom. The van der Waals surface area contributed by atoms with Crippen LogP contribution in [0.4, 0.5) is 0 Å². The van der Waals surface area contributed by atoms with Gasteiger partial charge in [-0.3, -0.25) is 4.57 Å². The van der Waals surface area contributed by atoms with Gasteiger partial charge in [0.15, 0.2) is 0 Å². The Morgan fingerprint density at radius 1 is 1.22 bits per heavy atom. The van der Waals surface area contributed by atoms with Crippen LogP contribution in [0.25, 0.3) is 22.4 Å². The number of rotatable bonds is 6. The van der Waals surface area contributed by atoms with Gasteiger partial charge in [-0.15, -0.1) is 0 Å². The second kappa shape index (κ2) is 7.11. The van der Waals surface area contributed by atoms with E-state index >= 15 is 0 Å². The van der Waals surface area contributed by atoms with E-state index in [-0.39, 0.29) is 5.69 Å². The number of benzene rings is 2. The lowest BCUT2D eigenvalue weighted by molar-refractivity contribution is 0.385. The number of aryl methyl sites for hydroxylation is 1. The van der Waals surface area contributed by atoms with E-state index in [4.69, 9.17) is 9.26 Å². The molecule has 0 aliphatic heterocycles. The van der Waals surface area contributed by atoms with E-state index in [0.717, 1.165) is 34.3 Å². The number of fused-ring (bicyclic) bond motifs is 1. The molecule has 138 valence electrons. The molecule has 27 heavy (non-hydrogen) atoms. The predicted octanol–water partition coefficient (Wildman–Crippen LogP) is 3.39. The molecule has 0 aliphatic carbocycles. The second-order valence-corrected chi connectivity index (χ2v) is 6.35. The third kappa shape index (κ3) is 3.36. The van der Waals surface area contributed by atoms with Crippen LogP contribution in [0.2, 0.25) is 0 Å². The molecule has 0 saturated carbocycles. The highest BCUT2D eigenvalue weighted by molar-refractivity contribution is 5.80. The summed E-state index contributed by atoms with van der Waals surface area (Å²) in [6, 6.07) is 13.4. The van der Waals surface area contributed by atoms with Crippen molar-refractivity contribution >= 4 is 11.0 Å². The van der Waals surface area contributed by atoms with Crippen LogP contribution < -0.4 is 10.4 Å². The van der Waals surface area contributed by atoms with Crippen molar-refractivity contribution < 1.29 is 9.26 Å². The van der Waals surface area contributed by atoms with Crippen LogP contribution in [0.15, 0.2) is 51.8 Å². The summed E-state index contributed by atoms with van der Waals surface area (Å²) in [6.07, 6.45) is 1.42. The molecule has 0 unspecified atom stereocenters. The molecule has 0 spiro atoms. The maximum Gasteiger partial charge on any atom is 0.326 e. The highest BCUT2D eigenvalue weighted by Crippen LogP contribution is 2.22. The Labute approximate surface area is 155 Å². The fourth-order valence-corrected chi connectivity index (χ4v) is 3.15. The molecule has 0 amide bonds. The Morgan fingerprint density at radius 3 is 2.93 bits per heavy atom. The minimum Gasteiger partial charge on any atom is -0.497 e. The smallest absolute Gasteiger partial charge is 0.326 e. The van der Waals surface area contributed by atoms with Crippen molar-refractivity contribution in [1.29, 1.82) is 0 Å². The van der Waals surface area contributed by atoms with Crippen LogP contribution in [0.1, 0.15) is 24.8 Å². The highest BCUT2D eigenvalue weighted by Gasteiger charge is 2.12. The number of H-pyrrole nitrogens is 1. The average Bonchev–Trinajstić information content (AvgIpc) is 3.26. The van der Waals surface area contributed by atoms with Gasteiger partial charge in [0.05, 0.1) is 24.6 Å². The molecule has 0 atom stereocenters. The number of hydrogen-bond donors (Lipinski definition) is 1. The Bertz CT molecular complexity index is 1140. The third-order valence-corrected chi connectivity index (χ3v) is 4.44. The minimum absolute atomic E-state index is 0.101. The zero-order valence-corrected chi connectivity index (χ0v) is 15.2. The lowest BCUT2D eigenvalue weighted by atomic mass is 10.1. The molecule has 0 saturated heterocycles. The lowest BCUT2D eigenvalue weighted by Crippen LogP contribution is -2.16. The summed E-state index contributed by atoms with van der Waals surface area (Å²) in [4.78, 5) is 19.5. The number of imidazole rings is 1. The summed E-state index contributed by atoms with van der Waals surface area (Å²) in [6.45, 7) is 2.73. The summed E-state index contributed by atoms with van der Waals surface area (Å²) < 4.78 is 12.4. The van der Waals surface area contributed by atoms with Gasteiger partial charge in [0.25, 0.3) is 0 Å². The van der Waals surface area contributed by atoms with Gasteiger partial charge in [0, 0.05) is 12.1 Å². The van der Waals surface area contributed by atoms with Crippen molar-refractivity contribution in [3.8, 4) is 17.1 Å². The van der Waals surface area contributed by atoms with E-state index in [1.165, 1.54) is 0 Å². The normalized spacial score (nSPS) is 11.2. The largest absolute Gasteiger partial charge is 0.497 e. The van der Waals surface area contributed by atoms with Crippen LogP contribution >= 0.6 is 0 Å². The highest BCUT2D eigenvalue weighted by atomic mass is 16.5. The Hall–Kier alpha value is -3.35.